The summed E-state index contributed by atoms with van der Waals surface area (Å²) < 4.78 is 0. The molecule has 1 aromatic carbocycles. The minimum absolute atomic E-state index is 0.0601. The Labute approximate surface area is 124 Å². The van der Waals surface area contributed by atoms with Gasteiger partial charge in [0.25, 0.3) is 5.91 Å². The molecule has 1 aromatic rings. The Kier molecular flexibility index (Phi) is 3.03. The van der Waals surface area contributed by atoms with Crippen LogP contribution in [0.1, 0.15) is 52.5 Å². The molecule has 2 nitrogen and oxygen atoms in total. The minimum atomic E-state index is 0.0601. The summed E-state index contributed by atoms with van der Waals surface area (Å²) in [4.78, 5) is 12.0. The molecule has 1 N–H and O–H groups in total. The first-order valence-electron chi connectivity index (χ1n) is 7.77. The van der Waals surface area contributed by atoms with E-state index in [0.29, 0.717) is 5.92 Å². The largest absolute Gasteiger partial charge is 0.352 e. The van der Waals surface area contributed by atoms with Crippen molar-refractivity contribution in [2.75, 3.05) is 6.54 Å². The number of carbonyl (C=O) groups excluding carboxylic acids is 1. The van der Waals surface area contributed by atoms with E-state index in [0.717, 1.165) is 41.5 Å². The van der Waals surface area contributed by atoms with E-state index in [1.807, 2.05) is 6.07 Å². The van der Waals surface area contributed by atoms with Crippen LogP contribution in [0.5, 0.6) is 0 Å². The Balaban J connectivity index is 1.62. The molecule has 1 amide bonds. The molecule has 2 bridgehead atoms. The quantitative estimate of drug-likeness (QED) is 0.827. The van der Waals surface area contributed by atoms with Crippen molar-refractivity contribution in [2.24, 2.45) is 17.8 Å². The lowest BCUT2D eigenvalue weighted by Crippen LogP contribution is -2.32. The van der Waals surface area contributed by atoms with Crippen molar-refractivity contribution >= 4 is 17.5 Å². The summed E-state index contributed by atoms with van der Waals surface area (Å²) >= 11 is 6.77. The molecule has 0 radical (unpaired) electrons. The topological polar surface area (TPSA) is 29.1 Å². The van der Waals surface area contributed by atoms with Crippen LogP contribution >= 0.6 is 11.6 Å². The highest BCUT2D eigenvalue weighted by Gasteiger charge is 2.43. The highest BCUT2D eigenvalue weighted by Crippen LogP contribution is 2.54. The van der Waals surface area contributed by atoms with Gasteiger partial charge in [-0.25, -0.2) is 0 Å². The van der Waals surface area contributed by atoms with Gasteiger partial charge in [0.15, 0.2) is 0 Å². The molecule has 2 saturated carbocycles. The van der Waals surface area contributed by atoms with Crippen molar-refractivity contribution in [2.45, 2.75) is 37.5 Å². The fourth-order valence-corrected chi connectivity index (χ4v) is 4.94. The number of carbonyl (C=O) groups is 1. The van der Waals surface area contributed by atoms with Gasteiger partial charge in [0, 0.05) is 12.1 Å². The van der Waals surface area contributed by atoms with Crippen LogP contribution in [0.15, 0.2) is 18.2 Å². The molecule has 2 fully saturated rings. The maximum Gasteiger partial charge on any atom is 0.251 e. The van der Waals surface area contributed by atoms with Crippen molar-refractivity contribution in [1.82, 2.24) is 5.32 Å². The predicted octanol–water partition coefficient (Wildman–Crippen LogP) is 3.69. The Morgan fingerprint density at radius 2 is 2.15 bits per heavy atom. The molecule has 0 spiro atoms. The van der Waals surface area contributed by atoms with E-state index in [2.05, 4.69) is 17.4 Å². The van der Waals surface area contributed by atoms with Gasteiger partial charge in [0.1, 0.15) is 0 Å². The highest BCUT2D eigenvalue weighted by molar-refractivity contribution is 6.21. The molecular formula is C17H20ClNO. The van der Waals surface area contributed by atoms with E-state index in [4.69, 9.17) is 11.6 Å². The number of hydrogen-bond donors (Lipinski definition) is 1. The smallest absolute Gasteiger partial charge is 0.251 e. The van der Waals surface area contributed by atoms with Gasteiger partial charge < -0.3 is 5.32 Å². The molecule has 1 heterocycles. The first-order chi connectivity index (χ1) is 9.72. The summed E-state index contributed by atoms with van der Waals surface area (Å²) in [7, 11) is 0. The molecule has 2 aliphatic carbocycles. The first-order valence-corrected chi connectivity index (χ1v) is 8.21. The fourth-order valence-electron chi connectivity index (χ4n) is 4.50. The second-order valence-electron chi connectivity index (χ2n) is 6.66. The highest BCUT2D eigenvalue weighted by atomic mass is 35.5. The van der Waals surface area contributed by atoms with Crippen molar-refractivity contribution in [3.8, 4) is 0 Å². The minimum Gasteiger partial charge on any atom is -0.352 e. The van der Waals surface area contributed by atoms with Gasteiger partial charge in [-0.1, -0.05) is 18.6 Å². The predicted molar refractivity (Wildman–Crippen MR) is 80.0 cm³/mol. The number of hydrogen-bond acceptors (Lipinski definition) is 1. The summed E-state index contributed by atoms with van der Waals surface area (Å²) in [5, 5.41) is 2.99. The van der Waals surface area contributed by atoms with Gasteiger partial charge in [-0.05, 0) is 60.6 Å². The average Bonchev–Trinajstić information content (AvgIpc) is 3.09. The fraction of sp³-hybridized carbons (Fsp3) is 0.588. The molecule has 4 atom stereocenters. The number of halogens is 1. The van der Waals surface area contributed by atoms with Gasteiger partial charge in [-0.2, -0.15) is 0 Å². The third-order valence-electron chi connectivity index (χ3n) is 5.55. The van der Waals surface area contributed by atoms with Crippen LogP contribution in [0.3, 0.4) is 0 Å². The maximum absolute atomic E-state index is 12.0. The molecule has 1 aliphatic heterocycles. The van der Waals surface area contributed by atoms with Gasteiger partial charge in [0.05, 0.1) is 5.38 Å². The second-order valence-corrected chi connectivity index (χ2v) is 7.13. The van der Waals surface area contributed by atoms with Crippen molar-refractivity contribution in [3.63, 3.8) is 0 Å². The van der Waals surface area contributed by atoms with Crippen LogP contribution in [0.4, 0.5) is 0 Å². The molecular weight excluding hydrogens is 270 g/mol. The van der Waals surface area contributed by atoms with Gasteiger partial charge in [-0.15, -0.1) is 11.6 Å². The van der Waals surface area contributed by atoms with E-state index >= 15 is 0 Å². The maximum atomic E-state index is 12.0. The lowest BCUT2D eigenvalue weighted by Gasteiger charge is -2.27. The molecule has 20 heavy (non-hydrogen) atoms. The molecule has 4 unspecified atom stereocenters. The van der Waals surface area contributed by atoms with Crippen molar-refractivity contribution < 1.29 is 4.79 Å². The zero-order valence-electron chi connectivity index (χ0n) is 11.6. The SMILES string of the molecule is O=C1NCCc2ccc(C(Cl)C3CC4CCC3C4)cc21. The molecule has 106 valence electrons. The summed E-state index contributed by atoms with van der Waals surface area (Å²) in [6, 6.07) is 6.28. The number of amides is 1. The van der Waals surface area contributed by atoms with Crippen molar-refractivity contribution in [1.29, 1.82) is 0 Å². The van der Waals surface area contributed by atoms with E-state index in [1.54, 1.807) is 0 Å². The lowest BCUT2D eigenvalue weighted by molar-refractivity contribution is 0.0946. The number of fused-ring (bicyclic) bond motifs is 3. The Morgan fingerprint density at radius 1 is 1.25 bits per heavy atom. The Hall–Kier alpha value is -1.02. The summed E-state index contributed by atoms with van der Waals surface area (Å²) in [6.07, 6.45) is 6.34. The third kappa shape index (κ3) is 1.96. The molecule has 3 aliphatic rings. The van der Waals surface area contributed by atoms with Crippen LogP contribution in [0.2, 0.25) is 0 Å². The number of rotatable bonds is 2. The van der Waals surface area contributed by atoms with Gasteiger partial charge >= 0.3 is 0 Å². The summed E-state index contributed by atoms with van der Waals surface area (Å²) in [6.45, 7) is 0.752. The Bertz CT molecular complexity index is 556. The van der Waals surface area contributed by atoms with Gasteiger partial charge in [-0.3, -0.25) is 4.79 Å². The van der Waals surface area contributed by atoms with Crippen LogP contribution in [-0.4, -0.2) is 12.5 Å². The van der Waals surface area contributed by atoms with Gasteiger partial charge in [0.2, 0.25) is 0 Å². The number of nitrogens with one attached hydrogen (secondary N) is 1. The standard InChI is InChI=1S/C17H20ClNO/c18-16(14-8-10-1-2-12(14)7-10)13-4-3-11-5-6-19-17(20)15(11)9-13/h3-4,9-10,12,14,16H,1-2,5-8H2,(H,19,20). The third-order valence-corrected chi connectivity index (χ3v) is 6.12. The zero-order chi connectivity index (χ0) is 13.7. The average molecular weight is 290 g/mol. The van der Waals surface area contributed by atoms with Crippen LogP contribution in [-0.2, 0) is 6.42 Å². The second kappa shape index (κ2) is 4.77. The first kappa shape index (κ1) is 12.7. The molecule has 0 saturated heterocycles. The molecule has 4 rings (SSSR count). The van der Waals surface area contributed by atoms with E-state index in [9.17, 15) is 4.79 Å². The zero-order valence-corrected chi connectivity index (χ0v) is 12.3. The van der Waals surface area contributed by atoms with Crippen molar-refractivity contribution in [3.05, 3.63) is 34.9 Å². The molecule has 0 aromatic heterocycles. The number of benzene rings is 1. The van der Waals surface area contributed by atoms with E-state index in [-0.39, 0.29) is 11.3 Å². The summed E-state index contributed by atoms with van der Waals surface area (Å²) in [5.74, 6) is 2.39. The lowest BCUT2D eigenvalue weighted by atomic mass is 9.83. The monoisotopic (exact) mass is 289 g/mol. The van der Waals surface area contributed by atoms with Crippen LogP contribution in [0, 0.1) is 17.8 Å². The van der Waals surface area contributed by atoms with E-state index in [1.165, 1.54) is 25.7 Å². The number of alkyl halides is 1. The van der Waals surface area contributed by atoms with Crippen LogP contribution in [0.25, 0.3) is 0 Å². The Morgan fingerprint density at radius 3 is 2.90 bits per heavy atom. The van der Waals surface area contributed by atoms with E-state index < -0.39 is 0 Å². The van der Waals surface area contributed by atoms with Crippen LogP contribution < -0.4 is 5.32 Å². The summed E-state index contributed by atoms with van der Waals surface area (Å²) in [5.41, 5.74) is 3.14. The normalized spacial score (nSPS) is 32.9. The molecule has 3 heteroatoms.